The molecule has 1 atom stereocenters. The Morgan fingerprint density at radius 1 is 1.18 bits per heavy atom. The second-order valence-corrected chi connectivity index (χ2v) is 7.14. The van der Waals surface area contributed by atoms with Crippen LogP contribution in [0.25, 0.3) is 0 Å². The van der Waals surface area contributed by atoms with E-state index in [1.54, 1.807) is 0 Å². The summed E-state index contributed by atoms with van der Waals surface area (Å²) in [5, 5.41) is 3.82. The van der Waals surface area contributed by atoms with E-state index >= 15 is 0 Å². The summed E-state index contributed by atoms with van der Waals surface area (Å²) in [5.41, 5.74) is 2.92. The van der Waals surface area contributed by atoms with Gasteiger partial charge in [0.2, 0.25) is 0 Å². The summed E-state index contributed by atoms with van der Waals surface area (Å²) in [7, 11) is 0. The summed E-state index contributed by atoms with van der Waals surface area (Å²) >= 11 is 0. The Kier molecular flexibility index (Phi) is 5.07. The zero-order valence-corrected chi connectivity index (χ0v) is 14.3. The topological polar surface area (TPSA) is 21.3 Å². The van der Waals surface area contributed by atoms with Crippen molar-refractivity contribution in [3.8, 4) is 5.75 Å². The van der Waals surface area contributed by atoms with Gasteiger partial charge in [-0.05, 0) is 56.7 Å². The monoisotopic (exact) mass is 301 g/mol. The Bertz CT molecular complexity index is 490. The Morgan fingerprint density at radius 3 is 2.73 bits per heavy atom. The Morgan fingerprint density at radius 2 is 2.00 bits per heavy atom. The van der Waals surface area contributed by atoms with E-state index in [2.05, 4.69) is 37.4 Å². The van der Waals surface area contributed by atoms with Crippen molar-refractivity contribution in [3.05, 3.63) is 29.3 Å². The highest BCUT2D eigenvalue weighted by Gasteiger charge is 2.41. The van der Waals surface area contributed by atoms with Gasteiger partial charge in [-0.2, -0.15) is 0 Å². The smallest absolute Gasteiger partial charge is 0.124 e. The number of ether oxygens (including phenoxy) is 1. The minimum atomic E-state index is 0.100. The zero-order chi connectivity index (χ0) is 15.4. The third-order valence-electron chi connectivity index (χ3n) is 5.45. The van der Waals surface area contributed by atoms with E-state index in [9.17, 15) is 0 Å². The quantitative estimate of drug-likeness (QED) is 0.758. The molecule has 1 aromatic rings. The van der Waals surface area contributed by atoms with Gasteiger partial charge < -0.3 is 10.1 Å². The van der Waals surface area contributed by atoms with Crippen LogP contribution < -0.4 is 10.1 Å². The predicted molar refractivity (Wildman–Crippen MR) is 92.5 cm³/mol. The van der Waals surface area contributed by atoms with Gasteiger partial charge in [0.1, 0.15) is 11.4 Å². The van der Waals surface area contributed by atoms with Gasteiger partial charge in [0.25, 0.3) is 0 Å². The largest absolute Gasteiger partial charge is 0.487 e. The number of hydrogen-bond acceptors (Lipinski definition) is 2. The predicted octanol–water partition coefficient (Wildman–Crippen LogP) is 5.17. The normalized spacial score (nSPS) is 23.1. The molecule has 1 N–H and O–H groups in total. The lowest BCUT2D eigenvalue weighted by atomic mass is 9.77. The fourth-order valence-electron chi connectivity index (χ4n) is 4.08. The summed E-state index contributed by atoms with van der Waals surface area (Å²) in [6.45, 7) is 5.61. The van der Waals surface area contributed by atoms with Crippen LogP contribution in [-0.4, -0.2) is 12.1 Å². The van der Waals surface area contributed by atoms with Gasteiger partial charge in [-0.15, -0.1) is 0 Å². The first-order valence-electron chi connectivity index (χ1n) is 9.31. The van der Waals surface area contributed by atoms with Crippen LogP contribution in [0, 0.1) is 0 Å². The average molecular weight is 301 g/mol. The number of rotatable bonds is 5. The average Bonchev–Trinajstić information content (AvgIpc) is 2.55. The standard InChI is InChI=1S/C20H31NO/c1-3-5-13-21-18-15-20(11-7-6-8-12-20)22-19-10-9-16(4-2)14-17(18)19/h9-10,14,18,21H,3-8,11-13,15H2,1-2H3. The molecule has 1 aromatic carbocycles. The second-order valence-electron chi connectivity index (χ2n) is 7.14. The molecule has 22 heavy (non-hydrogen) atoms. The van der Waals surface area contributed by atoms with Crippen molar-refractivity contribution < 1.29 is 4.74 Å². The number of unbranched alkanes of at least 4 members (excludes halogenated alkanes) is 1. The van der Waals surface area contributed by atoms with Crippen molar-refractivity contribution in [2.75, 3.05) is 6.54 Å². The minimum absolute atomic E-state index is 0.100. The number of fused-ring (bicyclic) bond motifs is 1. The van der Waals surface area contributed by atoms with Gasteiger partial charge in [-0.25, -0.2) is 0 Å². The molecule has 0 aromatic heterocycles. The van der Waals surface area contributed by atoms with E-state index in [0.717, 1.165) is 25.1 Å². The molecule has 122 valence electrons. The molecular weight excluding hydrogens is 270 g/mol. The molecule has 3 rings (SSSR count). The van der Waals surface area contributed by atoms with E-state index in [0.29, 0.717) is 6.04 Å². The van der Waals surface area contributed by atoms with E-state index in [4.69, 9.17) is 4.74 Å². The molecule has 1 heterocycles. The van der Waals surface area contributed by atoms with Crippen LogP contribution in [0.15, 0.2) is 18.2 Å². The van der Waals surface area contributed by atoms with E-state index in [1.165, 1.54) is 56.1 Å². The van der Waals surface area contributed by atoms with Gasteiger partial charge in [-0.3, -0.25) is 0 Å². The zero-order valence-electron chi connectivity index (χ0n) is 14.3. The maximum absolute atomic E-state index is 6.56. The Hall–Kier alpha value is -1.02. The van der Waals surface area contributed by atoms with Crippen LogP contribution in [0.5, 0.6) is 5.75 Å². The van der Waals surface area contributed by atoms with Crippen molar-refractivity contribution in [2.45, 2.75) is 83.3 Å². The van der Waals surface area contributed by atoms with Gasteiger partial charge in [0.15, 0.2) is 0 Å². The fourth-order valence-corrected chi connectivity index (χ4v) is 4.08. The molecule has 1 fully saturated rings. The summed E-state index contributed by atoms with van der Waals surface area (Å²) in [6.07, 6.45) is 11.2. The lowest BCUT2D eigenvalue weighted by molar-refractivity contribution is -0.00268. The molecule has 0 amide bonds. The highest BCUT2D eigenvalue weighted by molar-refractivity contribution is 5.42. The van der Waals surface area contributed by atoms with Crippen LogP contribution in [-0.2, 0) is 6.42 Å². The maximum Gasteiger partial charge on any atom is 0.124 e. The number of nitrogens with one attached hydrogen (secondary N) is 1. The van der Waals surface area contributed by atoms with Crippen LogP contribution in [0.2, 0.25) is 0 Å². The van der Waals surface area contributed by atoms with Crippen molar-refractivity contribution in [3.63, 3.8) is 0 Å². The summed E-state index contributed by atoms with van der Waals surface area (Å²) in [5.74, 6) is 1.14. The molecule has 1 saturated carbocycles. The van der Waals surface area contributed by atoms with Crippen molar-refractivity contribution in [2.24, 2.45) is 0 Å². The maximum atomic E-state index is 6.56. The number of hydrogen-bond donors (Lipinski definition) is 1. The van der Waals surface area contributed by atoms with Crippen molar-refractivity contribution >= 4 is 0 Å². The number of aryl methyl sites for hydroxylation is 1. The van der Waals surface area contributed by atoms with Crippen LogP contribution in [0.3, 0.4) is 0 Å². The fraction of sp³-hybridized carbons (Fsp3) is 0.700. The van der Waals surface area contributed by atoms with E-state index < -0.39 is 0 Å². The van der Waals surface area contributed by atoms with E-state index in [1.807, 2.05) is 0 Å². The molecule has 1 aliphatic carbocycles. The lowest BCUT2D eigenvalue weighted by Crippen LogP contribution is -2.45. The van der Waals surface area contributed by atoms with Gasteiger partial charge in [-0.1, -0.05) is 38.8 Å². The van der Waals surface area contributed by atoms with Crippen molar-refractivity contribution in [1.82, 2.24) is 5.32 Å². The molecular formula is C20H31NO. The summed E-state index contributed by atoms with van der Waals surface area (Å²) in [6, 6.07) is 7.30. The third-order valence-corrected chi connectivity index (χ3v) is 5.45. The molecule has 1 aliphatic heterocycles. The van der Waals surface area contributed by atoms with Crippen molar-refractivity contribution in [1.29, 1.82) is 0 Å². The summed E-state index contributed by atoms with van der Waals surface area (Å²) < 4.78 is 6.56. The molecule has 0 radical (unpaired) electrons. The molecule has 2 aliphatic rings. The lowest BCUT2D eigenvalue weighted by Gasteiger charge is -2.45. The van der Waals surface area contributed by atoms with Gasteiger partial charge >= 0.3 is 0 Å². The molecule has 2 nitrogen and oxygen atoms in total. The van der Waals surface area contributed by atoms with E-state index in [-0.39, 0.29) is 5.60 Å². The van der Waals surface area contributed by atoms with Crippen LogP contribution >= 0.6 is 0 Å². The highest BCUT2D eigenvalue weighted by Crippen LogP contribution is 2.46. The minimum Gasteiger partial charge on any atom is -0.487 e. The molecule has 1 spiro atoms. The Labute approximate surface area is 135 Å². The molecule has 1 unspecified atom stereocenters. The molecule has 0 bridgehead atoms. The SMILES string of the molecule is CCCCNC1CC2(CCCCC2)Oc2ccc(CC)cc21. The Balaban J connectivity index is 1.85. The first kappa shape index (κ1) is 15.9. The second kappa shape index (κ2) is 7.04. The van der Waals surface area contributed by atoms with Gasteiger partial charge in [0.05, 0.1) is 0 Å². The number of benzene rings is 1. The first-order chi connectivity index (χ1) is 10.8. The third kappa shape index (κ3) is 3.32. The van der Waals surface area contributed by atoms with Gasteiger partial charge in [0, 0.05) is 18.0 Å². The first-order valence-corrected chi connectivity index (χ1v) is 9.31. The molecule has 2 heteroatoms. The molecule has 0 saturated heterocycles. The van der Waals surface area contributed by atoms with Crippen LogP contribution in [0.1, 0.15) is 82.4 Å². The highest BCUT2D eigenvalue weighted by atomic mass is 16.5. The summed E-state index contributed by atoms with van der Waals surface area (Å²) in [4.78, 5) is 0. The van der Waals surface area contributed by atoms with Crippen LogP contribution in [0.4, 0.5) is 0 Å².